The molecule has 63 valence electrons. The summed E-state index contributed by atoms with van der Waals surface area (Å²) in [5, 5.41) is 9.86. The van der Waals surface area contributed by atoms with E-state index in [1.165, 1.54) is 0 Å². The van der Waals surface area contributed by atoms with Gasteiger partial charge in [0.1, 0.15) is 0 Å². The van der Waals surface area contributed by atoms with Crippen LogP contribution in [0.15, 0.2) is 12.1 Å². The molecule has 0 saturated carbocycles. The first-order valence-corrected chi connectivity index (χ1v) is 3.69. The van der Waals surface area contributed by atoms with E-state index in [1.54, 1.807) is 0 Å². The van der Waals surface area contributed by atoms with Crippen LogP contribution in [-0.2, 0) is 0 Å². The molecule has 1 rings (SSSR count). The van der Waals surface area contributed by atoms with Gasteiger partial charge in [-0.3, -0.25) is 5.41 Å². The molecule has 0 aromatic heterocycles. The molecule has 0 heterocycles. The molecule has 1 aromatic carbocycles. The number of nitrogens with two attached hydrogens (primary N) is 1. The highest BCUT2D eigenvalue weighted by Gasteiger charge is 2.00. The van der Waals surface area contributed by atoms with E-state index in [9.17, 15) is 0 Å². The molecule has 1 aromatic rings. The maximum atomic E-state index is 7.08. The van der Waals surface area contributed by atoms with Crippen LogP contribution in [0.1, 0.15) is 11.1 Å². The Morgan fingerprint density at radius 3 is 2.33 bits per heavy atom. The summed E-state index contributed by atoms with van der Waals surface area (Å²) in [6, 6.07) is 6.71. The lowest BCUT2D eigenvalue weighted by Gasteiger charge is -2.09. The van der Waals surface area contributed by atoms with E-state index in [0.29, 0.717) is 0 Å². The third-order valence-corrected chi connectivity index (χ3v) is 1.65. The van der Waals surface area contributed by atoms with Crippen LogP contribution in [0.3, 0.4) is 0 Å². The van der Waals surface area contributed by atoms with Gasteiger partial charge in [0.05, 0.1) is 0 Å². The van der Waals surface area contributed by atoms with Gasteiger partial charge in [-0.1, -0.05) is 0 Å². The van der Waals surface area contributed by atoms with Crippen molar-refractivity contribution in [1.29, 1.82) is 5.41 Å². The molecule has 3 heteroatoms. The Kier molecular flexibility index (Phi) is 2.33. The van der Waals surface area contributed by atoms with Crippen molar-refractivity contribution in [2.75, 3.05) is 5.32 Å². The molecule has 4 N–H and O–H groups in total. The molecular formula is C9H12N3. The highest BCUT2D eigenvalue weighted by molar-refractivity contribution is 5.91. The molecule has 0 bridgehead atoms. The van der Waals surface area contributed by atoms with Crippen LogP contribution in [-0.4, -0.2) is 5.96 Å². The zero-order chi connectivity index (χ0) is 9.14. The summed E-state index contributed by atoms with van der Waals surface area (Å²) in [4.78, 5) is 0. The summed E-state index contributed by atoms with van der Waals surface area (Å²) in [6.45, 7) is 3.91. The molecule has 0 amide bonds. The fourth-order valence-corrected chi connectivity index (χ4v) is 1.08. The van der Waals surface area contributed by atoms with Crippen molar-refractivity contribution in [1.82, 2.24) is 0 Å². The smallest absolute Gasteiger partial charge is 0.190 e. The summed E-state index contributed by atoms with van der Waals surface area (Å²) >= 11 is 0. The van der Waals surface area contributed by atoms with E-state index in [2.05, 4.69) is 11.4 Å². The summed E-state index contributed by atoms with van der Waals surface area (Å²) < 4.78 is 0. The minimum absolute atomic E-state index is 0.0348. The van der Waals surface area contributed by atoms with Crippen LogP contribution >= 0.6 is 0 Å². The predicted octanol–water partition coefficient (Wildman–Crippen LogP) is 1.41. The van der Waals surface area contributed by atoms with Gasteiger partial charge in [-0.25, -0.2) is 0 Å². The molecular weight excluding hydrogens is 150 g/mol. The highest BCUT2D eigenvalue weighted by atomic mass is 15.0. The monoisotopic (exact) mass is 162 g/mol. The number of benzene rings is 1. The standard InChI is InChI=1S/C9H12N3/c1-6-4-3-5-7(2)8(6)12-9(10)11/h4-5H,1-2H3,(H4,10,11,12). The quantitative estimate of drug-likeness (QED) is 0.432. The summed E-state index contributed by atoms with van der Waals surface area (Å²) in [5.74, 6) is -0.0348. The largest absolute Gasteiger partial charge is 0.370 e. The number of rotatable bonds is 1. The van der Waals surface area contributed by atoms with Gasteiger partial charge >= 0.3 is 0 Å². The minimum Gasteiger partial charge on any atom is -0.370 e. The molecule has 0 fully saturated rings. The number of aryl methyl sites for hydroxylation is 2. The Hall–Kier alpha value is -1.51. The second kappa shape index (κ2) is 3.26. The molecule has 0 spiro atoms. The lowest BCUT2D eigenvalue weighted by Crippen LogP contribution is -2.21. The van der Waals surface area contributed by atoms with Crippen LogP contribution in [0.25, 0.3) is 0 Å². The van der Waals surface area contributed by atoms with E-state index < -0.39 is 0 Å². The van der Waals surface area contributed by atoms with Crippen LogP contribution in [0.2, 0.25) is 0 Å². The maximum Gasteiger partial charge on any atom is 0.190 e. The average molecular weight is 162 g/mol. The molecule has 0 aliphatic heterocycles. The Morgan fingerprint density at radius 1 is 1.42 bits per heavy atom. The molecule has 12 heavy (non-hydrogen) atoms. The van der Waals surface area contributed by atoms with Crippen molar-refractivity contribution in [3.63, 3.8) is 0 Å². The Bertz CT molecular complexity index is 284. The second-order valence-corrected chi connectivity index (χ2v) is 2.74. The van der Waals surface area contributed by atoms with Crippen molar-refractivity contribution >= 4 is 11.6 Å². The van der Waals surface area contributed by atoms with E-state index in [0.717, 1.165) is 16.8 Å². The number of guanidine groups is 1. The van der Waals surface area contributed by atoms with Gasteiger partial charge in [0, 0.05) is 5.69 Å². The molecule has 3 nitrogen and oxygen atoms in total. The number of nitrogens with one attached hydrogen (secondary N) is 2. The first-order chi connectivity index (χ1) is 5.61. The second-order valence-electron chi connectivity index (χ2n) is 2.74. The van der Waals surface area contributed by atoms with Crippen LogP contribution in [0.5, 0.6) is 0 Å². The van der Waals surface area contributed by atoms with Gasteiger partial charge in [0.25, 0.3) is 0 Å². The fraction of sp³-hybridized carbons (Fsp3) is 0.222. The average Bonchev–Trinajstić information content (AvgIpc) is 1.97. The third kappa shape index (κ3) is 1.75. The van der Waals surface area contributed by atoms with Gasteiger partial charge in [-0.2, -0.15) is 0 Å². The van der Waals surface area contributed by atoms with Gasteiger partial charge in [-0.05, 0) is 43.2 Å². The van der Waals surface area contributed by atoms with E-state index in [-0.39, 0.29) is 5.96 Å². The zero-order valence-electron chi connectivity index (χ0n) is 7.23. The number of anilines is 1. The van der Waals surface area contributed by atoms with Crippen molar-refractivity contribution in [3.05, 3.63) is 29.3 Å². The zero-order valence-corrected chi connectivity index (χ0v) is 7.23. The molecule has 0 atom stereocenters. The first kappa shape index (κ1) is 8.59. The first-order valence-electron chi connectivity index (χ1n) is 3.69. The van der Waals surface area contributed by atoms with Gasteiger partial charge in [0.15, 0.2) is 5.96 Å². The summed E-state index contributed by atoms with van der Waals surface area (Å²) in [5.41, 5.74) is 8.22. The minimum atomic E-state index is -0.0348. The van der Waals surface area contributed by atoms with Crippen molar-refractivity contribution < 1.29 is 0 Å². The van der Waals surface area contributed by atoms with Crippen LogP contribution in [0, 0.1) is 25.3 Å². The van der Waals surface area contributed by atoms with Gasteiger partial charge in [0.2, 0.25) is 0 Å². The van der Waals surface area contributed by atoms with Gasteiger partial charge < -0.3 is 11.1 Å². The molecule has 0 aliphatic carbocycles. The highest BCUT2D eigenvalue weighted by Crippen LogP contribution is 2.18. The molecule has 0 unspecified atom stereocenters. The van der Waals surface area contributed by atoms with Crippen molar-refractivity contribution in [3.8, 4) is 0 Å². The third-order valence-electron chi connectivity index (χ3n) is 1.65. The van der Waals surface area contributed by atoms with Crippen LogP contribution < -0.4 is 11.1 Å². The Morgan fingerprint density at radius 2 is 1.92 bits per heavy atom. The summed E-state index contributed by atoms with van der Waals surface area (Å²) in [6.07, 6.45) is 0. The Balaban J connectivity index is 3.04. The van der Waals surface area contributed by atoms with Crippen LogP contribution in [0.4, 0.5) is 5.69 Å². The SMILES string of the molecule is Cc1c[c]cc(C)c1NC(=N)N. The number of hydrogen-bond donors (Lipinski definition) is 3. The predicted molar refractivity (Wildman–Crippen MR) is 50.3 cm³/mol. The van der Waals surface area contributed by atoms with Crippen molar-refractivity contribution in [2.45, 2.75) is 13.8 Å². The summed E-state index contributed by atoms with van der Waals surface area (Å²) in [7, 11) is 0. The van der Waals surface area contributed by atoms with E-state index in [1.807, 2.05) is 26.0 Å². The van der Waals surface area contributed by atoms with Crippen molar-refractivity contribution in [2.24, 2.45) is 5.73 Å². The normalized spacial score (nSPS) is 9.50. The van der Waals surface area contributed by atoms with E-state index in [4.69, 9.17) is 11.1 Å². The topological polar surface area (TPSA) is 61.9 Å². The molecule has 0 aliphatic rings. The molecule has 0 saturated heterocycles. The Labute approximate surface area is 72.1 Å². The lowest BCUT2D eigenvalue weighted by molar-refractivity contribution is 1.33. The van der Waals surface area contributed by atoms with E-state index >= 15 is 0 Å². The number of hydrogen-bond acceptors (Lipinski definition) is 1. The fourth-order valence-electron chi connectivity index (χ4n) is 1.08. The molecule has 1 radical (unpaired) electrons. The lowest BCUT2D eigenvalue weighted by atomic mass is 10.1. The van der Waals surface area contributed by atoms with Gasteiger partial charge in [-0.15, -0.1) is 0 Å². The maximum absolute atomic E-state index is 7.08.